The molecule has 14 nitrogen and oxygen atoms in total. The van der Waals surface area contributed by atoms with Gasteiger partial charge in [-0.3, -0.25) is 0 Å². The summed E-state index contributed by atoms with van der Waals surface area (Å²) in [6.07, 6.45) is 1.39. The fourth-order valence-corrected chi connectivity index (χ4v) is 9.36. The van der Waals surface area contributed by atoms with Gasteiger partial charge in [0, 0.05) is 49.8 Å². The molecule has 2 aliphatic heterocycles. The average Bonchev–Trinajstić information content (AvgIpc) is 3.44. The Labute approximate surface area is 434 Å². The van der Waals surface area contributed by atoms with Crippen molar-refractivity contribution in [3.8, 4) is 57.3 Å². The van der Waals surface area contributed by atoms with Crippen molar-refractivity contribution >= 4 is 33.4 Å². The van der Waals surface area contributed by atoms with Gasteiger partial charge < -0.3 is 47.7 Å². The van der Waals surface area contributed by atoms with E-state index in [-0.39, 0.29) is 0 Å². The van der Waals surface area contributed by atoms with Gasteiger partial charge in [0.15, 0.2) is 23.0 Å². The smallest absolute Gasteiger partial charge is 0.318 e. The number of nitrogens with zero attached hydrogens (tertiary/aromatic N) is 6. The van der Waals surface area contributed by atoms with Crippen molar-refractivity contribution in [1.82, 2.24) is 19.9 Å². The standard InChI is InChI=1S/2C30H33N3O4/c1-20-15-21(2)17-24(16-20)23-6-7-26-25(19-23)29(33-10-13-36-14-11-33)32-30(31-26)37-12-9-22-5-8-27(34-3)28(18-22)35-4;1-20-5-7-23(17-21(20)2)24-8-9-26-25(19-24)29(33-12-15-36-16-13-33)32-30(31-26)37-14-11-22-6-10-27(34-3)28(18-22)35-4/h5-8,15-19H,9-14H2,1-4H3;5-10,17-19H,11-16H2,1-4H3. The Kier molecular flexibility index (Phi) is 16.6. The highest BCUT2D eigenvalue weighted by Gasteiger charge is 2.21. The summed E-state index contributed by atoms with van der Waals surface area (Å²) in [6, 6.07) is 38.5. The summed E-state index contributed by atoms with van der Waals surface area (Å²) in [7, 11) is 6.54. The Morgan fingerprint density at radius 2 is 0.851 bits per heavy atom. The molecule has 8 aromatic rings. The number of aryl methyl sites for hydroxylation is 4. The minimum Gasteiger partial charge on any atom is -0.493 e. The van der Waals surface area contributed by atoms with Crippen molar-refractivity contribution in [2.24, 2.45) is 0 Å². The number of anilines is 2. The molecule has 2 fully saturated rings. The summed E-state index contributed by atoms with van der Waals surface area (Å²) in [5.41, 5.74) is 13.7. The fourth-order valence-electron chi connectivity index (χ4n) is 9.36. The summed E-state index contributed by atoms with van der Waals surface area (Å²) in [5.74, 6) is 4.61. The number of benzene rings is 6. The Morgan fingerprint density at radius 3 is 1.30 bits per heavy atom. The van der Waals surface area contributed by atoms with E-state index in [0.29, 0.717) is 87.5 Å². The molecule has 0 spiro atoms. The lowest BCUT2D eigenvalue weighted by Crippen LogP contribution is -2.37. The SMILES string of the molecule is COc1ccc(CCOc2nc(N3CCOCC3)c3cc(-c4cc(C)cc(C)c4)ccc3n2)cc1OC.COc1ccc(CCOc2nc(N3CCOCC3)c3cc(-c4ccc(C)c(C)c4)ccc3n2)cc1OC. The number of hydrogen-bond donors (Lipinski definition) is 0. The van der Waals surface area contributed by atoms with Gasteiger partial charge in [-0.2, -0.15) is 19.9 Å². The van der Waals surface area contributed by atoms with Crippen LogP contribution in [0, 0.1) is 27.7 Å². The van der Waals surface area contributed by atoms with Gasteiger partial charge in [0.25, 0.3) is 0 Å². The second-order valence-corrected chi connectivity index (χ2v) is 18.6. The average molecular weight is 999 g/mol. The molecule has 0 amide bonds. The summed E-state index contributed by atoms with van der Waals surface area (Å²) in [6.45, 7) is 15.3. The van der Waals surface area contributed by atoms with Crippen molar-refractivity contribution < 1.29 is 37.9 Å². The number of ether oxygens (including phenoxy) is 8. The molecule has 0 unspecified atom stereocenters. The number of aromatic nitrogens is 4. The largest absolute Gasteiger partial charge is 0.493 e. The van der Waals surface area contributed by atoms with Gasteiger partial charge in [-0.1, -0.05) is 71.8 Å². The van der Waals surface area contributed by atoms with Crippen LogP contribution in [0.25, 0.3) is 44.1 Å². The maximum atomic E-state index is 6.07. The van der Waals surface area contributed by atoms with Crippen LogP contribution in [0.4, 0.5) is 11.6 Å². The lowest BCUT2D eigenvalue weighted by Gasteiger charge is -2.29. The molecule has 14 heteroatoms. The van der Waals surface area contributed by atoms with Crippen molar-refractivity contribution in [2.75, 3.05) is 104 Å². The van der Waals surface area contributed by atoms with E-state index in [1.165, 1.54) is 33.4 Å². The van der Waals surface area contributed by atoms with Crippen LogP contribution in [0.3, 0.4) is 0 Å². The van der Waals surface area contributed by atoms with Crippen LogP contribution in [-0.4, -0.2) is 114 Å². The number of methoxy groups -OCH3 is 4. The molecule has 2 aromatic heterocycles. The highest BCUT2D eigenvalue weighted by atomic mass is 16.5. The quantitative estimate of drug-likeness (QED) is 0.0909. The van der Waals surface area contributed by atoms with E-state index in [2.05, 4.69) is 110 Å². The Bertz CT molecular complexity index is 3210. The van der Waals surface area contributed by atoms with E-state index < -0.39 is 0 Å². The molecule has 2 aliphatic rings. The van der Waals surface area contributed by atoms with Crippen molar-refractivity contribution in [3.05, 3.63) is 143 Å². The van der Waals surface area contributed by atoms with E-state index in [1.807, 2.05) is 36.4 Å². The van der Waals surface area contributed by atoms with E-state index in [9.17, 15) is 0 Å². The van der Waals surface area contributed by atoms with Gasteiger partial charge in [-0.25, -0.2) is 0 Å². The summed E-state index contributed by atoms with van der Waals surface area (Å²) in [4.78, 5) is 23.8. The van der Waals surface area contributed by atoms with Crippen LogP contribution in [0.2, 0.25) is 0 Å². The van der Waals surface area contributed by atoms with Crippen molar-refractivity contribution in [1.29, 1.82) is 0 Å². The zero-order valence-corrected chi connectivity index (χ0v) is 43.8. The van der Waals surface area contributed by atoms with Gasteiger partial charge in [-0.15, -0.1) is 0 Å². The predicted molar refractivity (Wildman–Crippen MR) is 292 cm³/mol. The molecule has 10 rings (SSSR count). The molecule has 4 heterocycles. The molecule has 0 bridgehead atoms. The lowest BCUT2D eigenvalue weighted by atomic mass is 9.99. The van der Waals surface area contributed by atoms with Crippen LogP contribution < -0.4 is 38.2 Å². The zero-order chi connectivity index (χ0) is 51.6. The third kappa shape index (κ3) is 12.2. The van der Waals surface area contributed by atoms with Gasteiger partial charge in [0.05, 0.1) is 79.1 Å². The molecule has 0 saturated carbocycles. The molecule has 0 atom stereocenters. The first kappa shape index (κ1) is 51.2. The molecular formula is C60H66N6O8. The highest BCUT2D eigenvalue weighted by molar-refractivity contribution is 5.94. The van der Waals surface area contributed by atoms with Crippen LogP contribution >= 0.6 is 0 Å². The van der Waals surface area contributed by atoms with Crippen molar-refractivity contribution in [2.45, 2.75) is 40.5 Å². The molecular weight excluding hydrogens is 933 g/mol. The summed E-state index contributed by atoms with van der Waals surface area (Å²) in [5, 5.41) is 2.04. The van der Waals surface area contributed by atoms with E-state index >= 15 is 0 Å². The molecule has 74 heavy (non-hydrogen) atoms. The zero-order valence-electron chi connectivity index (χ0n) is 43.8. The van der Waals surface area contributed by atoms with Crippen molar-refractivity contribution in [3.63, 3.8) is 0 Å². The van der Waals surface area contributed by atoms with E-state index in [4.69, 9.17) is 57.8 Å². The van der Waals surface area contributed by atoms with Crippen LogP contribution in [0.5, 0.6) is 35.0 Å². The highest BCUT2D eigenvalue weighted by Crippen LogP contribution is 2.35. The third-order valence-electron chi connectivity index (χ3n) is 13.5. The molecule has 0 aliphatic carbocycles. The Morgan fingerprint density at radius 1 is 0.419 bits per heavy atom. The van der Waals surface area contributed by atoms with Crippen LogP contribution in [-0.2, 0) is 22.3 Å². The molecule has 0 radical (unpaired) electrons. The molecule has 2 saturated heterocycles. The second kappa shape index (κ2) is 23.9. The predicted octanol–water partition coefficient (Wildman–Crippen LogP) is 10.8. The molecule has 384 valence electrons. The number of rotatable bonds is 16. The van der Waals surface area contributed by atoms with Gasteiger partial charge >= 0.3 is 12.0 Å². The maximum Gasteiger partial charge on any atom is 0.318 e. The fraction of sp³-hybridized carbons (Fsp3) is 0.333. The second-order valence-electron chi connectivity index (χ2n) is 18.6. The van der Waals surface area contributed by atoms with Gasteiger partial charge in [-0.05, 0) is 121 Å². The topological polar surface area (TPSA) is 132 Å². The lowest BCUT2D eigenvalue weighted by molar-refractivity contribution is 0.122. The monoisotopic (exact) mass is 998 g/mol. The summed E-state index contributed by atoms with van der Waals surface area (Å²) >= 11 is 0. The summed E-state index contributed by atoms with van der Waals surface area (Å²) < 4.78 is 44.8. The Balaban J connectivity index is 0.000000182. The normalized spacial score (nSPS) is 13.6. The Hall–Kier alpha value is -7.68. The minimum absolute atomic E-state index is 0.383. The number of morpholine rings is 2. The number of fused-ring (bicyclic) bond motifs is 2. The van der Waals surface area contributed by atoms with E-state index in [0.717, 1.165) is 81.9 Å². The molecule has 0 N–H and O–H groups in total. The molecule has 6 aromatic carbocycles. The first-order valence-corrected chi connectivity index (χ1v) is 25.2. The minimum atomic E-state index is 0.383. The maximum absolute atomic E-state index is 6.07. The van der Waals surface area contributed by atoms with Crippen LogP contribution in [0.1, 0.15) is 33.4 Å². The van der Waals surface area contributed by atoms with Gasteiger partial charge in [0.1, 0.15) is 11.6 Å². The van der Waals surface area contributed by atoms with Gasteiger partial charge in [0.2, 0.25) is 0 Å². The third-order valence-corrected chi connectivity index (χ3v) is 13.5. The number of hydrogen-bond acceptors (Lipinski definition) is 14. The first-order valence-electron chi connectivity index (χ1n) is 25.2. The van der Waals surface area contributed by atoms with E-state index in [1.54, 1.807) is 28.4 Å². The first-order chi connectivity index (χ1) is 36.1. The van der Waals surface area contributed by atoms with Crippen LogP contribution in [0.15, 0.2) is 109 Å².